The molecule has 3 N–H and O–H groups in total. The van der Waals surface area contributed by atoms with Crippen LogP contribution in [0.15, 0.2) is 12.1 Å². The quantitative estimate of drug-likeness (QED) is 0.715. The second-order valence-corrected chi connectivity index (χ2v) is 7.03. The van der Waals surface area contributed by atoms with E-state index < -0.39 is 0 Å². The summed E-state index contributed by atoms with van der Waals surface area (Å²) < 4.78 is 10.7. The van der Waals surface area contributed by atoms with Gasteiger partial charge in [0, 0.05) is 24.6 Å². The molecule has 1 aliphatic rings. The number of amides is 2. The highest BCUT2D eigenvalue weighted by Gasteiger charge is 2.31. The molecule has 8 heteroatoms. The smallest absolute Gasteiger partial charge is 0.256 e. The number of carbonyl (C=O) groups is 2. The summed E-state index contributed by atoms with van der Waals surface area (Å²) >= 11 is 0. The second-order valence-electron chi connectivity index (χ2n) is 7.03. The van der Waals surface area contributed by atoms with Crippen LogP contribution in [0.3, 0.4) is 0 Å². The van der Waals surface area contributed by atoms with Crippen molar-refractivity contribution in [3.05, 3.63) is 17.7 Å². The number of hydrogen-bond donors (Lipinski definition) is 2. The molecule has 1 aliphatic heterocycles. The number of nitrogens with zero attached hydrogens (tertiary/aromatic N) is 1. The lowest BCUT2D eigenvalue weighted by Crippen LogP contribution is -2.47. The number of ether oxygens (including phenoxy) is 2. The topological polar surface area (TPSA) is 93.9 Å². The zero-order valence-electron chi connectivity index (χ0n) is 17.1. The standard InChI is InChI=1S/C20H31N3O4.ClH/c1-13-7-5-8-14(2)23(13)20(25)15-11-17(26-3)18(27-4)12-16(15)22-19(24)9-6-10-21;/h11-14H,5-10,21H2,1-4H3,(H,22,24);1H. The molecule has 1 aromatic carbocycles. The van der Waals surface area contributed by atoms with E-state index in [-0.39, 0.29) is 36.3 Å². The predicted octanol–water partition coefficient (Wildman–Crippen LogP) is 3.21. The van der Waals surface area contributed by atoms with Crippen LogP contribution >= 0.6 is 12.4 Å². The summed E-state index contributed by atoms with van der Waals surface area (Å²) in [4.78, 5) is 27.5. The Balaban J connectivity index is 0.00000392. The van der Waals surface area contributed by atoms with E-state index in [2.05, 4.69) is 19.2 Å². The van der Waals surface area contributed by atoms with Crippen LogP contribution in [0.1, 0.15) is 56.3 Å². The molecule has 0 aromatic heterocycles. The van der Waals surface area contributed by atoms with Gasteiger partial charge in [0.25, 0.3) is 5.91 Å². The molecule has 28 heavy (non-hydrogen) atoms. The van der Waals surface area contributed by atoms with Crippen molar-refractivity contribution < 1.29 is 19.1 Å². The molecule has 1 heterocycles. The summed E-state index contributed by atoms with van der Waals surface area (Å²) in [6, 6.07) is 3.59. The van der Waals surface area contributed by atoms with E-state index in [0.29, 0.717) is 42.1 Å². The maximum atomic E-state index is 13.4. The molecule has 2 rings (SSSR count). The van der Waals surface area contributed by atoms with E-state index in [9.17, 15) is 9.59 Å². The molecule has 0 saturated carbocycles. The molecular formula is C20H32ClN3O4. The average Bonchev–Trinajstić information content (AvgIpc) is 2.65. The Kier molecular flexibility index (Phi) is 9.55. The van der Waals surface area contributed by atoms with Crippen molar-refractivity contribution >= 4 is 29.9 Å². The minimum absolute atomic E-state index is 0. The van der Waals surface area contributed by atoms with Gasteiger partial charge in [-0.2, -0.15) is 0 Å². The lowest BCUT2D eigenvalue weighted by molar-refractivity contribution is -0.116. The second kappa shape index (κ2) is 11.1. The molecule has 0 radical (unpaired) electrons. The first-order valence-corrected chi connectivity index (χ1v) is 9.51. The molecule has 2 atom stereocenters. The molecule has 1 fully saturated rings. The van der Waals surface area contributed by atoms with Crippen LogP contribution in [0.25, 0.3) is 0 Å². The van der Waals surface area contributed by atoms with Crippen LogP contribution in [0.2, 0.25) is 0 Å². The van der Waals surface area contributed by atoms with E-state index in [1.54, 1.807) is 12.1 Å². The third-order valence-electron chi connectivity index (χ3n) is 5.06. The number of rotatable bonds is 7. The Hall–Kier alpha value is -1.99. The van der Waals surface area contributed by atoms with E-state index in [0.717, 1.165) is 19.3 Å². The molecule has 0 bridgehead atoms. The number of carbonyl (C=O) groups excluding carboxylic acids is 2. The molecular weight excluding hydrogens is 382 g/mol. The number of likely N-dealkylation sites (tertiary alicyclic amines) is 1. The Labute approximate surface area is 173 Å². The van der Waals surface area contributed by atoms with Crippen LogP contribution < -0.4 is 20.5 Å². The van der Waals surface area contributed by atoms with Crippen molar-refractivity contribution in [3.8, 4) is 11.5 Å². The number of hydrogen-bond acceptors (Lipinski definition) is 5. The Bertz CT molecular complexity index is 674. The molecule has 0 aliphatic carbocycles. The maximum absolute atomic E-state index is 13.4. The molecule has 7 nitrogen and oxygen atoms in total. The van der Waals surface area contributed by atoms with Crippen molar-refractivity contribution in [3.63, 3.8) is 0 Å². The summed E-state index contributed by atoms with van der Waals surface area (Å²) in [5.74, 6) is 0.632. The predicted molar refractivity (Wildman–Crippen MR) is 113 cm³/mol. The largest absolute Gasteiger partial charge is 0.493 e. The zero-order valence-corrected chi connectivity index (χ0v) is 17.9. The summed E-state index contributed by atoms with van der Waals surface area (Å²) in [6.45, 7) is 4.57. The zero-order chi connectivity index (χ0) is 20.0. The third kappa shape index (κ3) is 5.52. The molecule has 1 aromatic rings. The number of anilines is 1. The first-order chi connectivity index (χ1) is 12.9. The summed E-state index contributed by atoms with van der Waals surface area (Å²) in [5.41, 5.74) is 6.33. The van der Waals surface area contributed by atoms with Gasteiger partial charge in [0.2, 0.25) is 5.91 Å². The van der Waals surface area contributed by atoms with E-state index in [1.807, 2.05) is 4.90 Å². The minimum Gasteiger partial charge on any atom is -0.493 e. The van der Waals surface area contributed by atoms with Gasteiger partial charge in [0.1, 0.15) is 0 Å². The van der Waals surface area contributed by atoms with E-state index >= 15 is 0 Å². The molecule has 158 valence electrons. The third-order valence-corrected chi connectivity index (χ3v) is 5.06. The van der Waals surface area contributed by atoms with Gasteiger partial charge in [-0.25, -0.2) is 0 Å². The Morgan fingerprint density at radius 2 is 1.71 bits per heavy atom. The first-order valence-electron chi connectivity index (χ1n) is 9.51. The lowest BCUT2D eigenvalue weighted by Gasteiger charge is -2.39. The van der Waals surface area contributed by atoms with Crippen LogP contribution in [0, 0.1) is 0 Å². The lowest BCUT2D eigenvalue weighted by atomic mass is 9.96. The highest BCUT2D eigenvalue weighted by atomic mass is 35.5. The van der Waals surface area contributed by atoms with Crippen LogP contribution in [0.4, 0.5) is 5.69 Å². The van der Waals surface area contributed by atoms with Crippen molar-refractivity contribution in [2.75, 3.05) is 26.1 Å². The fraction of sp³-hybridized carbons (Fsp3) is 0.600. The van der Waals surface area contributed by atoms with Crippen molar-refractivity contribution in [1.82, 2.24) is 4.90 Å². The summed E-state index contributed by atoms with van der Waals surface area (Å²) in [6.07, 6.45) is 3.95. The van der Waals surface area contributed by atoms with Crippen LogP contribution in [0.5, 0.6) is 11.5 Å². The number of piperidine rings is 1. The molecule has 0 spiro atoms. The maximum Gasteiger partial charge on any atom is 0.256 e. The number of halogens is 1. The molecule has 1 saturated heterocycles. The van der Waals surface area contributed by atoms with Crippen molar-refractivity contribution in [1.29, 1.82) is 0 Å². The monoisotopic (exact) mass is 413 g/mol. The van der Waals surface area contributed by atoms with Crippen LogP contribution in [-0.4, -0.2) is 49.6 Å². The van der Waals surface area contributed by atoms with Crippen molar-refractivity contribution in [2.24, 2.45) is 5.73 Å². The number of methoxy groups -OCH3 is 2. The fourth-order valence-corrected chi connectivity index (χ4v) is 3.60. The number of benzene rings is 1. The fourth-order valence-electron chi connectivity index (χ4n) is 3.60. The minimum atomic E-state index is -0.179. The van der Waals surface area contributed by atoms with E-state index in [1.165, 1.54) is 14.2 Å². The van der Waals surface area contributed by atoms with Gasteiger partial charge in [-0.3, -0.25) is 9.59 Å². The average molecular weight is 414 g/mol. The van der Waals surface area contributed by atoms with Crippen molar-refractivity contribution in [2.45, 2.75) is 58.0 Å². The summed E-state index contributed by atoms with van der Waals surface area (Å²) in [5, 5.41) is 2.84. The Morgan fingerprint density at radius 3 is 2.25 bits per heavy atom. The van der Waals surface area contributed by atoms with Gasteiger partial charge in [0.05, 0.1) is 25.5 Å². The van der Waals surface area contributed by atoms with Gasteiger partial charge in [-0.1, -0.05) is 0 Å². The number of nitrogens with two attached hydrogens (primary N) is 1. The SMILES string of the molecule is COc1cc(NC(=O)CCCN)c(C(=O)N2C(C)CCCC2C)cc1OC.Cl. The normalized spacial score (nSPS) is 18.8. The van der Waals surface area contributed by atoms with Gasteiger partial charge < -0.3 is 25.4 Å². The van der Waals surface area contributed by atoms with Gasteiger partial charge in [-0.15, -0.1) is 12.4 Å². The first kappa shape index (κ1) is 24.0. The van der Waals surface area contributed by atoms with Gasteiger partial charge >= 0.3 is 0 Å². The van der Waals surface area contributed by atoms with Gasteiger partial charge in [0.15, 0.2) is 11.5 Å². The highest BCUT2D eigenvalue weighted by Crippen LogP contribution is 2.35. The van der Waals surface area contributed by atoms with Crippen LogP contribution in [-0.2, 0) is 4.79 Å². The highest BCUT2D eigenvalue weighted by molar-refractivity contribution is 6.05. The number of nitrogens with one attached hydrogen (secondary N) is 1. The van der Waals surface area contributed by atoms with Gasteiger partial charge in [-0.05, 0) is 52.1 Å². The van der Waals surface area contributed by atoms with E-state index in [4.69, 9.17) is 15.2 Å². The summed E-state index contributed by atoms with van der Waals surface area (Å²) in [7, 11) is 3.05. The molecule has 2 amide bonds. The molecule has 2 unspecified atom stereocenters. The Morgan fingerprint density at radius 1 is 1.14 bits per heavy atom.